The summed E-state index contributed by atoms with van der Waals surface area (Å²) in [4.78, 5) is 17.4. The molecule has 1 aliphatic carbocycles. The molecular formula is C22H30N6O3S. The van der Waals surface area contributed by atoms with Gasteiger partial charge in [-0.2, -0.15) is 0 Å². The zero-order valence-electron chi connectivity index (χ0n) is 18.4. The monoisotopic (exact) mass is 458 g/mol. The molecule has 1 aromatic carbocycles. The van der Waals surface area contributed by atoms with Crippen molar-refractivity contribution in [3.63, 3.8) is 0 Å². The van der Waals surface area contributed by atoms with Crippen LogP contribution in [0.5, 0.6) is 0 Å². The summed E-state index contributed by atoms with van der Waals surface area (Å²) in [5, 5.41) is 12.5. The molecule has 2 saturated heterocycles. The van der Waals surface area contributed by atoms with Gasteiger partial charge in [-0.3, -0.25) is 9.36 Å². The van der Waals surface area contributed by atoms with E-state index in [1.54, 1.807) is 0 Å². The third kappa shape index (κ3) is 4.87. The number of anilines is 3. The van der Waals surface area contributed by atoms with E-state index in [0.29, 0.717) is 19.3 Å². The lowest BCUT2D eigenvalue weighted by Gasteiger charge is -2.29. The molecule has 2 aromatic rings. The minimum Gasteiger partial charge on any atom is -0.378 e. The Morgan fingerprint density at radius 1 is 1.00 bits per heavy atom. The van der Waals surface area contributed by atoms with E-state index in [9.17, 15) is 4.79 Å². The van der Waals surface area contributed by atoms with Crippen molar-refractivity contribution < 1.29 is 14.3 Å². The van der Waals surface area contributed by atoms with E-state index in [4.69, 9.17) is 9.47 Å². The van der Waals surface area contributed by atoms with E-state index in [-0.39, 0.29) is 11.2 Å². The molecule has 0 radical (unpaired) electrons. The van der Waals surface area contributed by atoms with Gasteiger partial charge in [0.05, 0.1) is 31.7 Å². The van der Waals surface area contributed by atoms with Crippen molar-refractivity contribution in [1.82, 2.24) is 14.8 Å². The van der Waals surface area contributed by atoms with E-state index in [2.05, 4.69) is 42.0 Å². The molecular weight excluding hydrogens is 428 g/mol. The number of ether oxygens (including phenoxy) is 2. The highest BCUT2D eigenvalue weighted by molar-refractivity contribution is 8.00. The second-order valence-corrected chi connectivity index (χ2v) is 9.69. The summed E-state index contributed by atoms with van der Waals surface area (Å²) in [6.07, 6.45) is 2.28. The first-order valence-corrected chi connectivity index (χ1v) is 12.2. The highest BCUT2D eigenvalue weighted by Gasteiger charge is 2.33. The van der Waals surface area contributed by atoms with Crippen LogP contribution in [-0.4, -0.2) is 78.5 Å². The fraction of sp³-hybridized carbons (Fsp3) is 0.591. The summed E-state index contributed by atoms with van der Waals surface area (Å²) >= 11 is 1.47. The maximum Gasteiger partial charge on any atom is 0.237 e. The Bertz CT molecular complexity index is 920. The van der Waals surface area contributed by atoms with E-state index in [1.165, 1.54) is 11.8 Å². The number of thioether (sulfide) groups is 1. The second kappa shape index (κ2) is 9.68. The number of hydrogen-bond acceptors (Lipinski definition) is 8. The Balaban J connectivity index is 1.22. The van der Waals surface area contributed by atoms with Crippen LogP contribution in [-0.2, 0) is 14.3 Å². The third-order valence-corrected chi connectivity index (χ3v) is 7.07. The number of nitrogens with one attached hydrogen (secondary N) is 1. The summed E-state index contributed by atoms with van der Waals surface area (Å²) in [5.74, 6) is 0.872. The zero-order valence-corrected chi connectivity index (χ0v) is 19.2. The Morgan fingerprint density at radius 2 is 1.62 bits per heavy atom. The van der Waals surface area contributed by atoms with E-state index < -0.39 is 0 Å². The maximum absolute atomic E-state index is 12.9. The van der Waals surface area contributed by atoms with Crippen molar-refractivity contribution in [2.24, 2.45) is 0 Å². The highest BCUT2D eigenvalue weighted by Crippen LogP contribution is 2.41. The first-order chi connectivity index (χ1) is 15.7. The van der Waals surface area contributed by atoms with Gasteiger partial charge in [-0.1, -0.05) is 11.8 Å². The number of morpholine rings is 2. The van der Waals surface area contributed by atoms with Gasteiger partial charge in [-0.25, -0.2) is 0 Å². The van der Waals surface area contributed by atoms with Gasteiger partial charge in [-0.15, -0.1) is 10.2 Å². The molecule has 3 aliphatic rings. The van der Waals surface area contributed by atoms with Gasteiger partial charge in [0.25, 0.3) is 0 Å². The lowest BCUT2D eigenvalue weighted by Crippen LogP contribution is -2.38. The molecule has 5 rings (SSSR count). The molecule has 3 heterocycles. The lowest BCUT2D eigenvalue weighted by atomic mass is 10.2. The normalized spacial score (nSPS) is 20.3. The number of benzene rings is 1. The Labute approximate surface area is 192 Å². The summed E-state index contributed by atoms with van der Waals surface area (Å²) < 4.78 is 13.1. The van der Waals surface area contributed by atoms with E-state index >= 15 is 0 Å². The first-order valence-electron chi connectivity index (χ1n) is 11.4. The molecule has 9 nitrogen and oxygen atoms in total. The van der Waals surface area contributed by atoms with Crippen molar-refractivity contribution >= 4 is 35.0 Å². The topological polar surface area (TPSA) is 84.8 Å². The molecule has 3 fully saturated rings. The van der Waals surface area contributed by atoms with Crippen molar-refractivity contribution in [3.05, 3.63) is 24.3 Å². The second-order valence-electron chi connectivity index (χ2n) is 8.38. The SMILES string of the molecule is CC(Sc1nnc(N2CCOCC2)n1C1CC1)C(=O)Nc1ccc(N2CCOCC2)cc1. The summed E-state index contributed by atoms with van der Waals surface area (Å²) in [6, 6.07) is 8.47. The van der Waals surface area contributed by atoms with Gasteiger partial charge >= 0.3 is 0 Å². The van der Waals surface area contributed by atoms with Gasteiger partial charge in [0, 0.05) is 43.6 Å². The Kier molecular flexibility index (Phi) is 6.52. The molecule has 1 N–H and O–H groups in total. The summed E-state index contributed by atoms with van der Waals surface area (Å²) in [5.41, 5.74) is 1.96. The molecule has 1 unspecified atom stereocenters. The summed E-state index contributed by atoms with van der Waals surface area (Å²) in [7, 11) is 0. The number of carbonyl (C=O) groups is 1. The molecule has 1 amide bonds. The van der Waals surface area contributed by atoms with Crippen LogP contribution in [0.2, 0.25) is 0 Å². The zero-order chi connectivity index (χ0) is 21.9. The standard InChI is InChI=1S/C22H30N6O3S/c1-16(20(29)23-17-2-4-18(5-3-17)26-8-12-30-13-9-26)32-22-25-24-21(28(22)19-6-7-19)27-10-14-31-15-11-27/h2-5,16,19H,6-15H2,1H3,(H,23,29). The molecule has 1 aromatic heterocycles. The molecule has 0 spiro atoms. The minimum atomic E-state index is -0.284. The Morgan fingerprint density at radius 3 is 2.25 bits per heavy atom. The van der Waals surface area contributed by atoms with Crippen molar-refractivity contribution in [1.29, 1.82) is 0 Å². The number of nitrogens with zero attached hydrogens (tertiary/aromatic N) is 5. The van der Waals surface area contributed by atoms with Crippen LogP contribution < -0.4 is 15.1 Å². The largest absolute Gasteiger partial charge is 0.378 e. The molecule has 2 aliphatic heterocycles. The fourth-order valence-electron chi connectivity index (χ4n) is 4.01. The average molecular weight is 459 g/mol. The highest BCUT2D eigenvalue weighted by atomic mass is 32.2. The maximum atomic E-state index is 12.9. The van der Waals surface area contributed by atoms with Gasteiger partial charge in [0.15, 0.2) is 5.16 Å². The average Bonchev–Trinajstić information content (AvgIpc) is 3.60. The molecule has 172 valence electrons. The van der Waals surface area contributed by atoms with Crippen LogP contribution >= 0.6 is 11.8 Å². The van der Waals surface area contributed by atoms with Gasteiger partial charge in [0.2, 0.25) is 11.9 Å². The molecule has 10 heteroatoms. The van der Waals surface area contributed by atoms with Crippen LogP contribution in [0.4, 0.5) is 17.3 Å². The molecule has 32 heavy (non-hydrogen) atoms. The van der Waals surface area contributed by atoms with Crippen molar-refractivity contribution in [2.45, 2.75) is 36.2 Å². The van der Waals surface area contributed by atoms with Crippen LogP contribution in [0.25, 0.3) is 0 Å². The molecule has 0 bridgehead atoms. The number of aromatic nitrogens is 3. The lowest BCUT2D eigenvalue weighted by molar-refractivity contribution is -0.115. The molecule has 1 saturated carbocycles. The van der Waals surface area contributed by atoms with Crippen LogP contribution in [0.1, 0.15) is 25.8 Å². The van der Waals surface area contributed by atoms with E-state index in [1.807, 2.05) is 19.1 Å². The first kappa shape index (κ1) is 21.5. The van der Waals surface area contributed by atoms with E-state index in [0.717, 1.165) is 74.7 Å². The number of rotatable bonds is 7. The van der Waals surface area contributed by atoms with Crippen LogP contribution in [0.3, 0.4) is 0 Å². The third-order valence-electron chi connectivity index (χ3n) is 6.01. The minimum absolute atomic E-state index is 0.0348. The van der Waals surface area contributed by atoms with Gasteiger partial charge < -0.3 is 24.6 Å². The number of hydrogen-bond donors (Lipinski definition) is 1. The Hall–Kier alpha value is -2.30. The quantitative estimate of drug-likeness (QED) is 0.634. The van der Waals surface area contributed by atoms with Crippen molar-refractivity contribution in [3.8, 4) is 0 Å². The predicted octanol–water partition coefficient (Wildman–Crippen LogP) is 2.41. The molecule has 1 atom stereocenters. The number of amides is 1. The van der Waals surface area contributed by atoms with Gasteiger partial charge in [0.1, 0.15) is 0 Å². The summed E-state index contributed by atoms with van der Waals surface area (Å²) in [6.45, 7) is 8.30. The van der Waals surface area contributed by atoms with Crippen LogP contribution in [0, 0.1) is 0 Å². The number of carbonyl (C=O) groups excluding carboxylic acids is 1. The predicted molar refractivity (Wildman–Crippen MR) is 125 cm³/mol. The van der Waals surface area contributed by atoms with Gasteiger partial charge in [-0.05, 0) is 44.0 Å². The fourth-order valence-corrected chi connectivity index (χ4v) is 4.93. The van der Waals surface area contributed by atoms with Crippen molar-refractivity contribution in [2.75, 3.05) is 67.7 Å². The smallest absolute Gasteiger partial charge is 0.237 e. The van der Waals surface area contributed by atoms with Crippen LogP contribution in [0.15, 0.2) is 29.4 Å².